The van der Waals surface area contributed by atoms with Gasteiger partial charge in [-0.1, -0.05) is 18.2 Å². The molecule has 0 fully saturated rings. The maximum Gasteiger partial charge on any atom is 0.263 e. The molecule has 154 valence electrons. The molecule has 0 spiro atoms. The van der Waals surface area contributed by atoms with Crippen LogP contribution in [0.3, 0.4) is 0 Å². The maximum atomic E-state index is 12.6. The van der Waals surface area contributed by atoms with Crippen molar-refractivity contribution in [3.8, 4) is 0 Å². The summed E-state index contributed by atoms with van der Waals surface area (Å²) in [6.07, 6.45) is 3.49. The molecule has 0 aliphatic heterocycles. The second-order valence-corrected chi connectivity index (χ2v) is 9.04. The van der Waals surface area contributed by atoms with Gasteiger partial charge in [-0.25, -0.2) is 18.1 Å². The van der Waals surface area contributed by atoms with E-state index < -0.39 is 10.0 Å². The van der Waals surface area contributed by atoms with Gasteiger partial charge in [0.1, 0.15) is 10.5 Å². The summed E-state index contributed by atoms with van der Waals surface area (Å²) in [5.41, 5.74) is 2.27. The van der Waals surface area contributed by atoms with E-state index in [1.54, 1.807) is 30.6 Å². The molecule has 1 aromatic carbocycles. The van der Waals surface area contributed by atoms with Crippen LogP contribution >= 0.6 is 11.3 Å². The van der Waals surface area contributed by atoms with E-state index in [-0.39, 0.29) is 23.9 Å². The maximum absolute atomic E-state index is 12.6. The molecule has 1 amide bonds. The Kier molecular flexibility index (Phi) is 5.79. The third kappa shape index (κ3) is 4.35. The van der Waals surface area contributed by atoms with Crippen LogP contribution in [0.25, 0.3) is 11.0 Å². The van der Waals surface area contributed by atoms with Gasteiger partial charge in [-0.15, -0.1) is 11.3 Å². The first-order valence-corrected chi connectivity index (χ1v) is 11.5. The molecule has 0 radical (unpaired) electrons. The standard InChI is InChI=1S/C20H19N5O3S2/c26-20(23-11-12-24-30(27,28)14-4-2-1-3-5-14)18-17(8-13-29-18)25-16-7-10-22-19-15(16)6-9-21-19/h1-10,13,24H,11-12H2,(H,23,26)(H2,21,22,25). The first-order valence-electron chi connectivity index (χ1n) is 9.14. The number of thiophene rings is 1. The Bertz CT molecular complexity index is 1270. The SMILES string of the molecule is O=C(NCCNS(=O)(=O)c1ccccc1)c1sccc1Nc1ccnc2[nH]ccc12. The lowest BCUT2D eigenvalue weighted by atomic mass is 10.2. The number of rotatable bonds is 8. The van der Waals surface area contributed by atoms with Crippen LogP contribution in [0.5, 0.6) is 0 Å². The van der Waals surface area contributed by atoms with Gasteiger partial charge in [0.05, 0.1) is 16.3 Å². The molecule has 10 heteroatoms. The molecule has 0 saturated carbocycles. The highest BCUT2D eigenvalue weighted by molar-refractivity contribution is 7.89. The number of fused-ring (bicyclic) bond motifs is 1. The van der Waals surface area contributed by atoms with Gasteiger partial charge < -0.3 is 15.6 Å². The number of pyridine rings is 1. The minimum Gasteiger partial charge on any atom is -0.354 e. The fourth-order valence-electron chi connectivity index (χ4n) is 2.92. The number of anilines is 2. The predicted molar refractivity (Wildman–Crippen MR) is 118 cm³/mol. The van der Waals surface area contributed by atoms with Crippen LogP contribution in [0.4, 0.5) is 11.4 Å². The molecule has 0 bridgehead atoms. The first kappa shape index (κ1) is 20.1. The van der Waals surface area contributed by atoms with Crippen LogP contribution in [-0.2, 0) is 10.0 Å². The van der Waals surface area contributed by atoms with E-state index in [1.807, 2.05) is 23.6 Å². The number of hydrogen-bond acceptors (Lipinski definition) is 6. The molecule has 3 heterocycles. The molecular weight excluding hydrogens is 422 g/mol. The third-order valence-corrected chi connectivity index (χ3v) is 6.75. The van der Waals surface area contributed by atoms with E-state index in [4.69, 9.17) is 0 Å². The monoisotopic (exact) mass is 441 g/mol. The van der Waals surface area contributed by atoms with E-state index in [2.05, 4.69) is 25.3 Å². The van der Waals surface area contributed by atoms with Crippen molar-refractivity contribution in [1.29, 1.82) is 0 Å². The molecule has 30 heavy (non-hydrogen) atoms. The van der Waals surface area contributed by atoms with Crippen molar-refractivity contribution in [2.45, 2.75) is 4.90 Å². The largest absolute Gasteiger partial charge is 0.354 e. The Hall–Kier alpha value is -3.21. The van der Waals surface area contributed by atoms with Crippen molar-refractivity contribution in [2.24, 2.45) is 0 Å². The van der Waals surface area contributed by atoms with Gasteiger partial charge in [-0.2, -0.15) is 0 Å². The smallest absolute Gasteiger partial charge is 0.263 e. The number of benzene rings is 1. The summed E-state index contributed by atoms with van der Waals surface area (Å²) in [4.78, 5) is 20.6. The number of aromatic amines is 1. The van der Waals surface area contributed by atoms with Crippen LogP contribution in [-0.4, -0.2) is 37.4 Å². The predicted octanol–water partition coefficient (Wildman–Crippen LogP) is 3.08. The number of aromatic nitrogens is 2. The van der Waals surface area contributed by atoms with Gasteiger partial charge >= 0.3 is 0 Å². The third-order valence-electron chi connectivity index (χ3n) is 4.36. The van der Waals surface area contributed by atoms with Crippen LogP contribution < -0.4 is 15.4 Å². The minimum atomic E-state index is -3.60. The number of carbonyl (C=O) groups excluding carboxylic acids is 1. The Morgan fingerprint density at radius 2 is 1.87 bits per heavy atom. The average Bonchev–Trinajstić information content (AvgIpc) is 3.42. The van der Waals surface area contributed by atoms with Crippen molar-refractivity contribution in [3.05, 3.63) is 71.2 Å². The Labute approximate surface area is 177 Å². The minimum absolute atomic E-state index is 0.0887. The van der Waals surface area contributed by atoms with Gasteiger partial charge in [0.25, 0.3) is 5.91 Å². The zero-order valence-electron chi connectivity index (χ0n) is 15.8. The van der Waals surface area contributed by atoms with Gasteiger partial charge in [-0.3, -0.25) is 4.79 Å². The number of nitrogens with zero attached hydrogens (tertiary/aromatic N) is 1. The van der Waals surface area contributed by atoms with Crippen LogP contribution in [0, 0.1) is 0 Å². The van der Waals surface area contributed by atoms with Gasteiger partial charge in [0, 0.05) is 30.9 Å². The summed E-state index contributed by atoms with van der Waals surface area (Å²) in [5, 5.41) is 8.78. The zero-order chi connectivity index (χ0) is 21.0. The normalized spacial score (nSPS) is 11.5. The fraction of sp³-hybridized carbons (Fsp3) is 0.100. The van der Waals surface area contributed by atoms with E-state index in [9.17, 15) is 13.2 Å². The fourth-order valence-corrected chi connectivity index (χ4v) is 4.74. The Morgan fingerprint density at radius 3 is 2.70 bits per heavy atom. The number of sulfonamides is 1. The second-order valence-electron chi connectivity index (χ2n) is 6.35. The molecule has 4 rings (SSSR count). The average molecular weight is 442 g/mol. The van der Waals surface area contributed by atoms with Crippen molar-refractivity contribution < 1.29 is 13.2 Å². The van der Waals surface area contributed by atoms with Crippen molar-refractivity contribution in [1.82, 2.24) is 20.0 Å². The highest BCUT2D eigenvalue weighted by atomic mass is 32.2. The number of hydrogen-bond donors (Lipinski definition) is 4. The molecular formula is C20H19N5O3S2. The van der Waals surface area contributed by atoms with Gasteiger partial charge in [0.15, 0.2) is 0 Å². The van der Waals surface area contributed by atoms with Crippen molar-refractivity contribution in [2.75, 3.05) is 18.4 Å². The highest BCUT2D eigenvalue weighted by Gasteiger charge is 2.16. The van der Waals surface area contributed by atoms with Crippen LogP contribution in [0.2, 0.25) is 0 Å². The van der Waals surface area contributed by atoms with Crippen LogP contribution in [0.15, 0.2) is 71.2 Å². The summed E-state index contributed by atoms with van der Waals surface area (Å²) >= 11 is 1.31. The summed E-state index contributed by atoms with van der Waals surface area (Å²) < 4.78 is 26.9. The molecule has 0 aliphatic carbocycles. The number of H-pyrrole nitrogens is 1. The molecule has 0 saturated heterocycles. The summed E-state index contributed by atoms with van der Waals surface area (Å²) in [6, 6.07) is 13.7. The quantitative estimate of drug-likeness (QED) is 0.314. The van der Waals surface area contributed by atoms with Gasteiger partial charge in [-0.05, 0) is 35.7 Å². The summed E-state index contributed by atoms with van der Waals surface area (Å²) in [6.45, 7) is 0.255. The number of nitrogens with one attached hydrogen (secondary N) is 4. The van der Waals surface area contributed by atoms with Crippen molar-refractivity contribution in [3.63, 3.8) is 0 Å². The van der Waals surface area contributed by atoms with E-state index in [1.165, 1.54) is 23.5 Å². The zero-order valence-corrected chi connectivity index (χ0v) is 17.4. The molecule has 0 atom stereocenters. The Morgan fingerprint density at radius 1 is 1.03 bits per heavy atom. The van der Waals surface area contributed by atoms with E-state index >= 15 is 0 Å². The number of carbonyl (C=O) groups is 1. The first-order chi connectivity index (χ1) is 14.5. The lowest BCUT2D eigenvalue weighted by molar-refractivity contribution is 0.0959. The highest BCUT2D eigenvalue weighted by Crippen LogP contribution is 2.29. The summed E-state index contributed by atoms with van der Waals surface area (Å²) in [5.74, 6) is -0.272. The molecule has 0 unspecified atom stereocenters. The topological polar surface area (TPSA) is 116 Å². The lowest BCUT2D eigenvalue weighted by Gasteiger charge is -2.10. The molecule has 4 N–H and O–H groups in total. The number of amides is 1. The van der Waals surface area contributed by atoms with E-state index in [0.717, 1.165) is 16.7 Å². The molecule has 8 nitrogen and oxygen atoms in total. The molecule has 0 aliphatic rings. The van der Waals surface area contributed by atoms with Crippen molar-refractivity contribution >= 4 is 49.7 Å². The van der Waals surface area contributed by atoms with E-state index in [0.29, 0.717) is 10.6 Å². The second kappa shape index (κ2) is 8.66. The van der Waals surface area contributed by atoms with Crippen LogP contribution in [0.1, 0.15) is 9.67 Å². The Balaban J connectivity index is 1.36. The molecule has 3 aromatic heterocycles. The molecule has 4 aromatic rings. The summed E-state index contributed by atoms with van der Waals surface area (Å²) in [7, 11) is -3.60. The van der Waals surface area contributed by atoms with Gasteiger partial charge in [0.2, 0.25) is 10.0 Å². The lowest BCUT2D eigenvalue weighted by Crippen LogP contribution is -2.34.